The minimum absolute atomic E-state index is 0.239. The molecule has 0 aliphatic rings. The van der Waals surface area contributed by atoms with E-state index in [1.165, 1.54) is 12.1 Å². The van der Waals surface area contributed by atoms with Crippen molar-refractivity contribution in [3.8, 4) is 0 Å². The van der Waals surface area contributed by atoms with Crippen LogP contribution in [-0.4, -0.2) is 30.2 Å². The van der Waals surface area contributed by atoms with Crippen molar-refractivity contribution >= 4 is 11.8 Å². The lowest BCUT2D eigenvalue weighted by molar-refractivity contribution is 0.198. The zero-order valence-electron chi connectivity index (χ0n) is 12.0. The van der Waals surface area contributed by atoms with E-state index < -0.39 is 0 Å². The number of rotatable bonds is 8. The van der Waals surface area contributed by atoms with Crippen LogP contribution in [0.3, 0.4) is 0 Å². The van der Waals surface area contributed by atoms with Gasteiger partial charge in [0.05, 0.1) is 0 Å². The molecule has 0 bridgehead atoms. The smallest absolute Gasteiger partial charge is 0.224 e. The highest BCUT2D eigenvalue weighted by atomic mass is 19.1. The predicted molar refractivity (Wildman–Crippen MR) is 80.7 cm³/mol. The van der Waals surface area contributed by atoms with Crippen molar-refractivity contribution in [1.29, 1.82) is 0 Å². The van der Waals surface area contributed by atoms with Crippen LogP contribution in [-0.2, 0) is 11.3 Å². The summed E-state index contributed by atoms with van der Waals surface area (Å²) in [5.74, 6) is 1.07. The Morgan fingerprint density at radius 3 is 2.71 bits per heavy atom. The van der Waals surface area contributed by atoms with Gasteiger partial charge in [-0.05, 0) is 30.2 Å². The number of ether oxygens (including phenoxy) is 1. The molecule has 0 saturated carbocycles. The van der Waals surface area contributed by atoms with Gasteiger partial charge in [-0.2, -0.15) is 4.98 Å². The van der Waals surface area contributed by atoms with E-state index in [2.05, 4.69) is 20.6 Å². The molecule has 0 spiro atoms. The van der Waals surface area contributed by atoms with Crippen molar-refractivity contribution in [1.82, 2.24) is 9.97 Å². The van der Waals surface area contributed by atoms with Gasteiger partial charge in [-0.3, -0.25) is 0 Å². The summed E-state index contributed by atoms with van der Waals surface area (Å²) in [5, 5.41) is 6.32. The molecule has 1 heterocycles. The molecule has 2 aromatic rings. The Bertz CT molecular complexity index is 548. The number of hydrogen-bond acceptors (Lipinski definition) is 5. The number of hydrogen-bond donors (Lipinski definition) is 2. The average molecular weight is 290 g/mol. The summed E-state index contributed by atoms with van der Waals surface area (Å²) in [4.78, 5) is 8.51. The van der Waals surface area contributed by atoms with Crippen LogP contribution in [0.4, 0.5) is 16.2 Å². The number of nitrogens with one attached hydrogen (secondary N) is 2. The largest absolute Gasteiger partial charge is 0.385 e. The molecule has 2 rings (SSSR count). The van der Waals surface area contributed by atoms with Crippen LogP contribution in [0.5, 0.6) is 0 Å². The molecule has 0 saturated heterocycles. The van der Waals surface area contributed by atoms with Gasteiger partial charge in [-0.15, -0.1) is 0 Å². The summed E-state index contributed by atoms with van der Waals surface area (Å²) in [6, 6.07) is 8.15. The topological polar surface area (TPSA) is 59.1 Å². The quantitative estimate of drug-likeness (QED) is 0.732. The van der Waals surface area contributed by atoms with Gasteiger partial charge >= 0.3 is 0 Å². The van der Waals surface area contributed by atoms with E-state index in [0.29, 0.717) is 19.1 Å². The lowest BCUT2D eigenvalue weighted by Crippen LogP contribution is -2.08. The average Bonchev–Trinajstić information content (AvgIpc) is 2.52. The van der Waals surface area contributed by atoms with E-state index in [4.69, 9.17) is 4.74 Å². The van der Waals surface area contributed by atoms with Crippen molar-refractivity contribution in [2.24, 2.45) is 0 Å². The summed E-state index contributed by atoms with van der Waals surface area (Å²) in [5.41, 5.74) is 0.971. The normalized spacial score (nSPS) is 10.4. The highest BCUT2D eigenvalue weighted by Gasteiger charge is 2.00. The number of nitrogens with zero attached hydrogens (tertiary/aromatic N) is 2. The second-order valence-corrected chi connectivity index (χ2v) is 4.52. The summed E-state index contributed by atoms with van der Waals surface area (Å²) in [6.07, 6.45) is 2.61. The van der Waals surface area contributed by atoms with Gasteiger partial charge in [0.25, 0.3) is 0 Å². The van der Waals surface area contributed by atoms with Crippen molar-refractivity contribution in [2.75, 3.05) is 30.9 Å². The zero-order chi connectivity index (χ0) is 14.9. The summed E-state index contributed by atoms with van der Waals surface area (Å²) >= 11 is 0. The summed E-state index contributed by atoms with van der Waals surface area (Å²) < 4.78 is 17.8. The van der Waals surface area contributed by atoms with Crippen LogP contribution in [0.2, 0.25) is 0 Å². The van der Waals surface area contributed by atoms with Crippen LogP contribution in [0.15, 0.2) is 36.5 Å². The standard InChI is InChI=1S/C15H19FN4O/c1-21-10-2-8-17-14-7-9-18-15(20-14)19-11-12-3-5-13(16)6-4-12/h3-7,9H,2,8,10-11H2,1H3,(H2,17,18,19,20). The van der Waals surface area contributed by atoms with Gasteiger partial charge in [0.15, 0.2) is 0 Å². The van der Waals surface area contributed by atoms with E-state index in [1.54, 1.807) is 25.4 Å². The number of halogens is 1. The third-order valence-electron chi connectivity index (χ3n) is 2.85. The van der Waals surface area contributed by atoms with Crippen molar-refractivity contribution in [3.63, 3.8) is 0 Å². The van der Waals surface area contributed by atoms with Gasteiger partial charge in [-0.1, -0.05) is 12.1 Å². The predicted octanol–water partition coefficient (Wildman–Crippen LogP) is 2.68. The number of anilines is 2. The van der Waals surface area contributed by atoms with Crippen LogP contribution < -0.4 is 10.6 Å². The first kappa shape index (κ1) is 15.2. The second kappa shape index (κ2) is 8.16. The monoisotopic (exact) mass is 290 g/mol. The van der Waals surface area contributed by atoms with Gasteiger partial charge in [0, 0.05) is 33.0 Å². The van der Waals surface area contributed by atoms with E-state index >= 15 is 0 Å². The Morgan fingerprint density at radius 2 is 1.95 bits per heavy atom. The SMILES string of the molecule is COCCCNc1ccnc(NCc2ccc(F)cc2)n1. The minimum Gasteiger partial charge on any atom is -0.385 e. The number of aromatic nitrogens is 2. The molecule has 1 aromatic heterocycles. The number of benzene rings is 1. The maximum Gasteiger partial charge on any atom is 0.224 e. The first-order valence-corrected chi connectivity index (χ1v) is 6.82. The van der Waals surface area contributed by atoms with Crippen molar-refractivity contribution in [2.45, 2.75) is 13.0 Å². The first-order valence-electron chi connectivity index (χ1n) is 6.82. The molecule has 0 unspecified atom stereocenters. The van der Waals surface area contributed by atoms with Gasteiger partial charge in [-0.25, -0.2) is 9.37 Å². The molecule has 0 aliphatic heterocycles. The molecule has 112 valence electrons. The summed E-state index contributed by atoms with van der Waals surface area (Å²) in [6.45, 7) is 2.06. The number of methoxy groups -OCH3 is 1. The second-order valence-electron chi connectivity index (χ2n) is 4.52. The maximum absolute atomic E-state index is 12.8. The van der Waals surface area contributed by atoms with Crippen LogP contribution >= 0.6 is 0 Å². The Labute approximate surface area is 123 Å². The zero-order valence-corrected chi connectivity index (χ0v) is 12.0. The molecular formula is C15H19FN4O. The van der Waals surface area contributed by atoms with Crippen LogP contribution in [0.1, 0.15) is 12.0 Å². The third-order valence-corrected chi connectivity index (χ3v) is 2.85. The van der Waals surface area contributed by atoms with E-state index in [-0.39, 0.29) is 5.82 Å². The molecule has 0 atom stereocenters. The van der Waals surface area contributed by atoms with E-state index in [1.807, 2.05) is 6.07 Å². The molecule has 0 radical (unpaired) electrons. The highest BCUT2D eigenvalue weighted by molar-refractivity contribution is 5.39. The van der Waals surface area contributed by atoms with E-state index in [9.17, 15) is 4.39 Å². The van der Waals surface area contributed by atoms with Gasteiger partial charge in [0.2, 0.25) is 5.95 Å². The van der Waals surface area contributed by atoms with Crippen molar-refractivity contribution < 1.29 is 9.13 Å². The molecule has 2 N–H and O–H groups in total. The van der Waals surface area contributed by atoms with Crippen LogP contribution in [0.25, 0.3) is 0 Å². The molecule has 5 nitrogen and oxygen atoms in total. The summed E-state index contributed by atoms with van der Waals surface area (Å²) in [7, 11) is 1.68. The molecule has 0 fully saturated rings. The lowest BCUT2D eigenvalue weighted by atomic mass is 10.2. The Kier molecular flexibility index (Phi) is 5.90. The van der Waals surface area contributed by atoms with Gasteiger partial charge in [0.1, 0.15) is 11.6 Å². The molecule has 6 heteroatoms. The highest BCUT2D eigenvalue weighted by Crippen LogP contribution is 2.08. The Morgan fingerprint density at radius 1 is 1.14 bits per heavy atom. The maximum atomic E-state index is 12.8. The molecule has 0 amide bonds. The fourth-order valence-electron chi connectivity index (χ4n) is 1.76. The van der Waals surface area contributed by atoms with Crippen LogP contribution in [0, 0.1) is 5.82 Å². The Hall–Kier alpha value is -2.21. The lowest BCUT2D eigenvalue weighted by Gasteiger charge is -2.08. The van der Waals surface area contributed by atoms with Gasteiger partial charge < -0.3 is 15.4 Å². The molecule has 21 heavy (non-hydrogen) atoms. The van der Waals surface area contributed by atoms with Crippen molar-refractivity contribution in [3.05, 3.63) is 47.9 Å². The fourth-order valence-corrected chi connectivity index (χ4v) is 1.76. The fraction of sp³-hybridized carbons (Fsp3) is 0.333. The first-order chi connectivity index (χ1) is 10.3. The molecule has 1 aromatic carbocycles. The minimum atomic E-state index is -0.239. The third kappa shape index (κ3) is 5.35. The molecular weight excluding hydrogens is 271 g/mol. The van der Waals surface area contributed by atoms with E-state index in [0.717, 1.165) is 24.3 Å². The molecule has 0 aliphatic carbocycles. The Balaban J connectivity index is 1.84.